The van der Waals surface area contributed by atoms with Gasteiger partial charge < -0.3 is 9.84 Å². The van der Waals surface area contributed by atoms with Crippen molar-refractivity contribution in [1.82, 2.24) is 15.5 Å². The van der Waals surface area contributed by atoms with E-state index in [1.807, 2.05) is 6.92 Å². The first-order chi connectivity index (χ1) is 5.84. The van der Waals surface area contributed by atoms with Crippen molar-refractivity contribution >= 4 is 0 Å². The van der Waals surface area contributed by atoms with Gasteiger partial charge in [0.2, 0.25) is 5.89 Å². The number of nitrogens with one attached hydrogen (secondary N) is 1. The molecule has 1 aromatic rings. The molecule has 1 N–H and O–H groups in total. The van der Waals surface area contributed by atoms with Crippen LogP contribution in [0.15, 0.2) is 4.52 Å². The van der Waals surface area contributed by atoms with Crippen molar-refractivity contribution in [3.8, 4) is 0 Å². The van der Waals surface area contributed by atoms with E-state index in [2.05, 4.69) is 15.5 Å². The lowest BCUT2D eigenvalue weighted by Gasteiger charge is -2.04. The molecule has 0 unspecified atom stereocenters. The third kappa shape index (κ3) is 1.64. The molecule has 2 heterocycles. The molecule has 1 saturated heterocycles. The molecule has 1 aliphatic rings. The van der Waals surface area contributed by atoms with Gasteiger partial charge in [-0.1, -0.05) is 5.16 Å². The Kier molecular flexibility index (Phi) is 2.08. The zero-order valence-electron chi connectivity index (χ0n) is 7.21. The zero-order chi connectivity index (χ0) is 8.39. The minimum absolute atomic E-state index is 0.557. The highest BCUT2D eigenvalue weighted by Gasteiger charge is 2.16. The lowest BCUT2D eigenvalue weighted by atomic mass is 10.1. The molecule has 4 nitrogen and oxygen atoms in total. The van der Waals surface area contributed by atoms with E-state index in [0.717, 1.165) is 18.8 Å². The first-order valence-electron chi connectivity index (χ1n) is 4.37. The molecule has 1 atom stereocenters. The van der Waals surface area contributed by atoms with E-state index in [0.29, 0.717) is 11.9 Å². The fourth-order valence-corrected chi connectivity index (χ4v) is 1.58. The third-order valence-electron chi connectivity index (χ3n) is 2.16. The van der Waals surface area contributed by atoms with E-state index < -0.39 is 0 Å². The molecule has 0 saturated carbocycles. The van der Waals surface area contributed by atoms with E-state index in [4.69, 9.17) is 4.52 Å². The Balaban J connectivity index is 1.94. The average molecular weight is 167 g/mol. The Morgan fingerprint density at radius 3 is 3.17 bits per heavy atom. The van der Waals surface area contributed by atoms with Gasteiger partial charge in [-0.2, -0.15) is 4.98 Å². The van der Waals surface area contributed by atoms with Crippen molar-refractivity contribution in [1.29, 1.82) is 0 Å². The molecule has 0 bridgehead atoms. The van der Waals surface area contributed by atoms with E-state index in [1.165, 1.54) is 12.8 Å². The number of hydrogen-bond acceptors (Lipinski definition) is 4. The summed E-state index contributed by atoms with van der Waals surface area (Å²) in [4.78, 5) is 4.16. The zero-order valence-corrected chi connectivity index (χ0v) is 7.21. The van der Waals surface area contributed by atoms with Gasteiger partial charge in [-0.05, 0) is 19.4 Å². The first kappa shape index (κ1) is 7.73. The van der Waals surface area contributed by atoms with Crippen LogP contribution in [0.25, 0.3) is 0 Å². The second-order valence-electron chi connectivity index (χ2n) is 3.23. The summed E-state index contributed by atoms with van der Waals surface area (Å²) in [7, 11) is 0. The van der Waals surface area contributed by atoms with Crippen LogP contribution in [-0.4, -0.2) is 22.7 Å². The summed E-state index contributed by atoms with van der Waals surface area (Å²) in [6.07, 6.45) is 3.40. The summed E-state index contributed by atoms with van der Waals surface area (Å²) >= 11 is 0. The Morgan fingerprint density at radius 2 is 2.58 bits per heavy atom. The van der Waals surface area contributed by atoms with Crippen molar-refractivity contribution in [3.63, 3.8) is 0 Å². The van der Waals surface area contributed by atoms with Crippen LogP contribution in [0.3, 0.4) is 0 Å². The van der Waals surface area contributed by atoms with Crippen LogP contribution in [0.5, 0.6) is 0 Å². The molecule has 0 spiro atoms. The van der Waals surface area contributed by atoms with Gasteiger partial charge in [-0.15, -0.1) is 0 Å². The number of aromatic nitrogens is 2. The molecule has 66 valence electrons. The molecule has 4 heteroatoms. The molecular weight excluding hydrogens is 154 g/mol. The van der Waals surface area contributed by atoms with Crippen LogP contribution < -0.4 is 5.32 Å². The number of nitrogens with zero attached hydrogens (tertiary/aromatic N) is 2. The monoisotopic (exact) mass is 167 g/mol. The summed E-state index contributed by atoms with van der Waals surface area (Å²) in [5.74, 6) is 1.48. The maximum atomic E-state index is 4.89. The smallest absolute Gasteiger partial charge is 0.223 e. The molecular formula is C8H13N3O. The van der Waals surface area contributed by atoms with Gasteiger partial charge in [0.05, 0.1) is 0 Å². The third-order valence-corrected chi connectivity index (χ3v) is 2.16. The van der Waals surface area contributed by atoms with Crippen LogP contribution in [0, 0.1) is 6.92 Å². The van der Waals surface area contributed by atoms with Crippen molar-refractivity contribution in [2.75, 3.05) is 6.54 Å². The Morgan fingerprint density at radius 1 is 1.67 bits per heavy atom. The highest BCUT2D eigenvalue weighted by atomic mass is 16.5. The van der Waals surface area contributed by atoms with Gasteiger partial charge in [0.15, 0.2) is 5.82 Å². The normalized spacial score (nSPS) is 23.2. The van der Waals surface area contributed by atoms with Crippen LogP contribution >= 0.6 is 0 Å². The minimum Gasteiger partial charge on any atom is -0.340 e. The van der Waals surface area contributed by atoms with Crippen molar-refractivity contribution < 1.29 is 4.52 Å². The quantitative estimate of drug-likeness (QED) is 0.703. The molecule has 0 radical (unpaired) electrons. The van der Waals surface area contributed by atoms with Gasteiger partial charge in [0, 0.05) is 19.4 Å². The van der Waals surface area contributed by atoms with Crippen LogP contribution in [-0.2, 0) is 6.42 Å². The van der Waals surface area contributed by atoms with Gasteiger partial charge >= 0.3 is 0 Å². The highest BCUT2D eigenvalue weighted by molar-refractivity contribution is 4.90. The standard InChI is InChI=1S/C8H13N3O/c1-6-10-8(11-12-6)5-7-3-2-4-9-7/h7,9H,2-5H2,1H3/t7-/m1/s1. The summed E-state index contributed by atoms with van der Waals surface area (Å²) in [5.41, 5.74) is 0. The molecule has 12 heavy (non-hydrogen) atoms. The fourth-order valence-electron chi connectivity index (χ4n) is 1.58. The second kappa shape index (κ2) is 3.23. The minimum atomic E-state index is 0.557. The molecule has 0 amide bonds. The van der Waals surface area contributed by atoms with Crippen LogP contribution in [0.1, 0.15) is 24.6 Å². The Labute approximate surface area is 71.4 Å². The Hall–Kier alpha value is -0.900. The molecule has 0 aromatic carbocycles. The number of rotatable bonds is 2. The molecule has 1 fully saturated rings. The highest BCUT2D eigenvalue weighted by Crippen LogP contribution is 2.09. The second-order valence-corrected chi connectivity index (χ2v) is 3.23. The summed E-state index contributed by atoms with van der Waals surface area (Å²) in [6.45, 7) is 2.94. The lowest BCUT2D eigenvalue weighted by molar-refractivity contribution is 0.384. The molecule has 1 aliphatic heterocycles. The maximum absolute atomic E-state index is 4.89. The van der Waals surface area contributed by atoms with Gasteiger partial charge in [-0.25, -0.2) is 0 Å². The SMILES string of the molecule is Cc1nc(C[C@H]2CCCN2)no1. The summed E-state index contributed by atoms with van der Waals surface area (Å²) in [5, 5.41) is 7.25. The van der Waals surface area contributed by atoms with Gasteiger partial charge in [-0.3, -0.25) is 0 Å². The summed E-state index contributed by atoms with van der Waals surface area (Å²) in [6, 6.07) is 0.557. The maximum Gasteiger partial charge on any atom is 0.223 e. The van der Waals surface area contributed by atoms with Gasteiger partial charge in [0.25, 0.3) is 0 Å². The Bertz CT molecular complexity index is 253. The van der Waals surface area contributed by atoms with E-state index in [-0.39, 0.29) is 0 Å². The van der Waals surface area contributed by atoms with E-state index >= 15 is 0 Å². The topological polar surface area (TPSA) is 51.0 Å². The van der Waals surface area contributed by atoms with Gasteiger partial charge in [0.1, 0.15) is 0 Å². The van der Waals surface area contributed by atoms with Crippen molar-refractivity contribution in [2.45, 2.75) is 32.2 Å². The van der Waals surface area contributed by atoms with E-state index in [1.54, 1.807) is 0 Å². The first-order valence-corrected chi connectivity index (χ1v) is 4.37. The number of aryl methyl sites for hydroxylation is 1. The predicted octanol–water partition coefficient (Wildman–Crippen LogP) is 0.673. The molecule has 0 aliphatic carbocycles. The van der Waals surface area contributed by atoms with Crippen LogP contribution in [0.2, 0.25) is 0 Å². The molecule has 1 aromatic heterocycles. The lowest BCUT2D eigenvalue weighted by Crippen LogP contribution is -2.24. The van der Waals surface area contributed by atoms with Crippen molar-refractivity contribution in [3.05, 3.63) is 11.7 Å². The van der Waals surface area contributed by atoms with E-state index in [9.17, 15) is 0 Å². The van der Waals surface area contributed by atoms with Crippen molar-refractivity contribution in [2.24, 2.45) is 0 Å². The predicted molar refractivity (Wildman–Crippen MR) is 43.8 cm³/mol. The van der Waals surface area contributed by atoms with Crippen LogP contribution in [0.4, 0.5) is 0 Å². The fraction of sp³-hybridized carbons (Fsp3) is 0.750. The average Bonchev–Trinajstić information content (AvgIpc) is 2.63. The largest absolute Gasteiger partial charge is 0.340 e. The molecule has 2 rings (SSSR count). The number of hydrogen-bond donors (Lipinski definition) is 1. The summed E-state index contributed by atoms with van der Waals surface area (Å²) < 4.78 is 4.89.